The molecule has 3 rings (SSSR count). The number of carbonyl (C=O) groups is 1. The fraction of sp³-hybridized carbons (Fsp3) is 0.333. The number of nitrogens with two attached hydrogens (primary N) is 1. The van der Waals surface area contributed by atoms with E-state index in [9.17, 15) is 4.79 Å². The molecule has 0 bridgehead atoms. The molecule has 1 unspecified atom stereocenters. The lowest BCUT2D eigenvalue weighted by atomic mass is 10.1. The molecule has 20 heavy (non-hydrogen) atoms. The highest BCUT2D eigenvalue weighted by Gasteiger charge is 2.24. The van der Waals surface area contributed by atoms with Gasteiger partial charge in [0.1, 0.15) is 5.82 Å². The van der Waals surface area contributed by atoms with Gasteiger partial charge in [-0.15, -0.1) is 0 Å². The second-order valence-corrected chi connectivity index (χ2v) is 5.17. The average Bonchev–Trinajstić information content (AvgIpc) is 2.99. The molecule has 1 aliphatic heterocycles. The molecule has 104 valence electrons. The maximum absolute atomic E-state index is 11.7. The third-order valence-electron chi connectivity index (χ3n) is 3.89. The maximum atomic E-state index is 11.7. The van der Waals surface area contributed by atoms with Gasteiger partial charge in [-0.05, 0) is 25.1 Å². The number of primary amides is 1. The molecule has 3 N–H and O–H groups in total. The largest absolute Gasteiger partial charge is 0.365 e. The van der Waals surface area contributed by atoms with Gasteiger partial charge in [0, 0.05) is 25.0 Å². The number of para-hydroxylation sites is 1. The van der Waals surface area contributed by atoms with Gasteiger partial charge >= 0.3 is 0 Å². The average molecular weight is 270 g/mol. The number of nitrogens with zero attached hydrogens (tertiary/aromatic N) is 2. The molecule has 1 atom stereocenters. The minimum atomic E-state index is -0.434. The maximum Gasteiger partial charge on any atom is 0.252 e. The molecule has 2 aromatic rings. The lowest BCUT2D eigenvalue weighted by Crippen LogP contribution is -2.35. The van der Waals surface area contributed by atoms with E-state index in [2.05, 4.69) is 15.2 Å². The van der Waals surface area contributed by atoms with Crippen molar-refractivity contribution in [2.45, 2.75) is 12.5 Å². The quantitative estimate of drug-likeness (QED) is 0.877. The Kier molecular flexibility index (Phi) is 3.28. The normalized spacial score (nSPS) is 18.4. The first-order chi connectivity index (χ1) is 9.66. The van der Waals surface area contributed by atoms with Crippen molar-refractivity contribution >= 4 is 22.6 Å². The second kappa shape index (κ2) is 5.09. The van der Waals surface area contributed by atoms with Gasteiger partial charge in [0.2, 0.25) is 0 Å². The summed E-state index contributed by atoms with van der Waals surface area (Å²) in [5.74, 6) is 0.237. The van der Waals surface area contributed by atoms with Crippen molar-refractivity contribution < 1.29 is 4.79 Å². The Morgan fingerprint density at radius 2 is 2.25 bits per heavy atom. The standard InChI is InChI=1S/C15H18N4O/c1-19(11-6-7-17-9-11)15-12(14(16)20)8-10-4-2-3-5-13(10)18-15/h2-5,8,11,17H,6-7,9H2,1H3,(H2,16,20). The van der Waals surface area contributed by atoms with Crippen LogP contribution in [0.2, 0.25) is 0 Å². The van der Waals surface area contributed by atoms with Crippen LogP contribution >= 0.6 is 0 Å². The van der Waals surface area contributed by atoms with Crippen LogP contribution in [0.1, 0.15) is 16.8 Å². The topological polar surface area (TPSA) is 71.2 Å². The molecule has 5 heteroatoms. The Morgan fingerprint density at radius 3 is 2.95 bits per heavy atom. The molecule has 1 saturated heterocycles. The molecule has 0 spiro atoms. The van der Waals surface area contributed by atoms with Gasteiger partial charge in [-0.2, -0.15) is 0 Å². The highest BCUT2D eigenvalue weighted by Crippen LogP contribution is 2.25. The zero-order valence-electron chi connectivity index (χ0n) is 11.5. The summed E-state index contributed by atoms with van der Waals surface area (Å²) in [5.41, 5.74) is 6.89. The molecule has 1 aromatic carbocycles. The third-order valence-corrected chi connectivity index (χ3v) is 3.89. The Bertz CT molecular complexity index is 649. The molecule has 1 amide bonds. The number of hydrogen-bond acceptors (Lipinski definition) is 4. The molecule has 5 nitrogen and oxygen atoms in total. The highest BCUT2D eigenvalue weighted by atomic mass is 16.1. The molecule has 1 aromatic heterocycles. The summed E-state index contributed by atoms with van der Waals surface area (Å²) in [5, 5.41) is 4.26. The summed E-state index contributed by atoms with van der Waals surface area (Å²) in [6, 6.07) is 9.94. The summed E-state index contributed by atoms with van der Waals surface area (Å²) in [6.07, 6.45) is 1.04. The van der Waals surface area contributed by atoms with Crippen LogP contribution in [0.5, 0.6) is 0 Å². The molecule has 0 saturated carbocycles. The van der Waals surface area contributed by atoms with Crippen LogP contribution in [0.4, 0.5) is 5.82 Å². The van der Waals surface area contributed by atoms with Crippen molar-refractivity contribution in [1.82, 2.24) is 10.3 Å². The first kappa shape index (κ1) is 12.9. The van der Waals surface area contributed by atoms with Gasteiger partial charge in [-0.1, -0.05) is 18.2 Å². The van der Waals surface area contributed by atoms with Gasteiger partial charge in [-0.3, -0.25) is 4.79 Å². The number of anilines is 1. The molecule has 0 aliphatic carbocycles. The van der Waals surface area contributed by atoms with E-state index in [0.29, 0.717) is 17.4 Å². The molecule has 0 radical (unpaired) electrons. The van der Waals surface area contributed by atoms with E-state index in [1.54, 1.807) is 0 Å². The van der Waals surface area contributed by atoms with Gasteiger partial charge in [0.25, 0.3) is 5.91 Å². The molecular weight excluding hydrogens is 252 g/mol. The zero-order valence-corrected chi connectivity index (χ0v) is 11.5. The summed E-state index contributed by atoms with van der Waals surface area (Å²) in [4.78, 5) is 18.4. The number of carbonyl (C=O) groups excluding carboxylic acids is 1. The minimum Gasteiger partial charge on any atom is -0.365 e. The number of pyridine rings is 1. The van der Waals surface area contributed by atoms with Gasteiger partial charge < -0.3 is 16.0 Å². The molecule has 1 fully saturated rings. The number of amides is 1. The smallest absolute Gasteiger partial charge is 0.252 e. The predicted molar refractivity (Wildman–Crippen MR) is 79.9 cm³/mol. The first-order valence-electron chi connectivity index (χ1n) is 6.80. The lowest BCUT2D eigenvalue weighted by Gasteiger charge is -2.26. The lowest BCUT2D eigenvalue weighted by molar-refractivity contribution is 0.100. The zero-order chi connectivity index (χ0) is 14.1. The van der Waals surface area contributed by atoms with E-state index in [1.807, 2.05) is 37.4 Å². The van der Waals surface area contributed by atoms with Crippen LogP contribution in [0, 0.1) is 0 Å². The van der Waals surface area contributed by atoms with Gasteiger partial charge in [0.05, 0.1) is 11.1 Å². The number of hydrogen-bond donors (Lipinski definition) is 2. The monoisotopic (exact) mass is 270 g/mol. The number of benzene rings is 1. The third kappa shape index (κ3) is 2.20. The number of nitrogens with one attached hydrogen (secondary N) is 1. The van der Waals surface area contributed by atoms with Gasteiger partial charge in [-0.25, -0.2) is 4.98 Å². The van der Waals surface area contributed by atoms with Crippen LogP contribution in [0.15, 0.2) is 30.3 Å². The van der Waals surface area contributed by atoms with E-state index < -0.39 is 5.91 Å². The summed E-state index contributed by atoms with van der Waals surface area (Å²) in [7, 11) is 1.97. The SMILES string of the molecule is CN(c1nc2ccccc2cc1C(N)=O)C1CCNC1. The fourth-order valence-corrected chi connectivity index (χ4v) is 2.70. The van der Waals surface area contributed by atoms with E-state index >= 15 is 0 Å². The van der Waals surface area contributed by atoms with E-state index in [0.717, 1.165) is 30.4 Å². The predicted octanol–water partition coefficient (Wildman–Crippen LogP) is 1.13. The Hall–Kier alpha value is -2.14. The molecular formula is C15H18N4O. The fourth-order valence-electron chi connectivity index (χ4n) is 2.70. The Labute approximate surface area is 117 Å². The summed E-state index contributed by atoms with van der Waals surface area (Å²) >= 11 is 0. The number of likely N-dealkylation sites (N-methyl/N-ethyl adjacent to an activating group) is 1. The van der Waals surface area contributed by atoms with Crippen LogP contribution in [-0.2, 0) is 0 Å². The van der Waals surface area contributed by atoms with Crippen molar-refractivity contribution in [3.63, 3.8) is 0 Å². The number of rotatable bonds is 3. The van der Waals surface area contributed by atoms with Gasteiger partial charge in [0.15, 0.2) is 0 Å². The van der Waals surface area contributed by atoms with E-state index in [-0.39, 0.29) is 0 Å². The molecule has 1 aliphatic rings. The highest BCUT2D eigenvalue weighted by molar-refractivity contribution is 6.01. The number of fused-ring (bicyclic) bond motifs is 1. The second-order valence-electron chi connectivity index (χ2n) is 5.17. The first-order valence-corrected chi connectivity index (χ1v) is 6.80. The minimum absolute atomic E-state index is 0.349. The number of aromatic nitrogens is 1. The van der Waals surface area contributed by atoms with Crippen molar-refractivity contribution in [2.75, 3.05) is 25.0 Å². The van der Waals surface area contributed by atoms with Crippen molar-refractivity contribution in [3.05, 3.63) is 35.9 Å². The van der Waals surface area contributed by atoms with Crippen molar-refractivity contribution in [1.29, 1.82) is 0 Å². The van der Waals surface area contributed by atoms with Crippen molar-refractivity contribution in [3.8, 4) is 0 Å². The van der Waals surface area contributed by atoms with Crippen LogP contribution in [0.25, 0.3) is 10.9 Å². The Balaban J connectivity index is 2.11. The van der Waals surface area contributed by atoms with Crippen molar-refractivity contribution in [2.24, 2.45) is 5.73 Å². The molecule has 2 heterocycles. The van der Waals surface area contributed by atoms with Crippen LogP contribution in [0.3, 0.4) is 0 Å². The van der Waals surface area contributed by atoms with Crippen LogP contribution < -0.4 is 16.0 Å². The Morgan fingerprint density at radius 1 is 1.45 bits per heavy atom. The summed E-state index contributed by atoms with van der Waals surface area (Å²) < 4.78 is 0. The van der Waals surface area contributed by atoms with Crippen LogP contribution in [-0.4, -0.2) is 37.1 Å². The summed E-state index contributed by atoms with van der Waals surface area (Å²) in [6.45, 7) is 1.90. The van der Waals surface area contributed by atoms with E-state index in [4.69, 9.17) is 5.73 Å². The van der Waals surface area contributed by atoms with E-state index in [1.165, 1.54) is 0 Å².